The quantitative estimate of drug-likeness (QED) is 0.285. The van der Waals surface area contributed by atoms with Crippen molar-refractivity contribution >= 4 is 16.6 Å². The van der Waals surface area contributed by atoms with Crippen LogP contribution in [0.4, 0.5) is 0 Å². The molecule has 0 N–H and O–H groups in total. The van der Waals surface area contributed by atoms with Gasteiger partial charge in [0.15, 0.2) is 28.7 Å². The summed E-state index contributed by atoms with van der Waals surface area (Å²) in [7, 11) is 0. The molecule has 196 valence electrons. The molecule has 2 aromatic carbocycles. The van der Waals surface area contributed by atoms with Gasteiger partial charge in [-0.15, -0.1) is 5.10 Å². The predicted molar refractivity (Wildman–Crippen MR) is 144 cm³/mol. The van der Waals surface area contributed by atoms with Gasteiger partial charge < -0.3 is 18.6 Å². The molecule has 10 heteroatoms. The van der Waals surface area contributed by atoms with Gasteiger partial charge in [-0.2, -0.15) is 0 Å². The van der Waals surface area contributed by atoms with E-state index in [1.807, 2.05) is 48.5 Å². The van der Waals surface area contributed by atoms with Crippen LogP contribution in [0, 0.1) is 5.92 Å². The van der Waals surface area contributed by atoms with Crippen molar-refractivity contribution in [1.82, 2.24) is 24.6 Å². The molecule has 10 nitrogen and oxygen atoms in total. The fraction of sp³-hybridized carbons (Fsp3) is 0.167. The molecule has 0 bridgehead atoms. The summed E-state index contributed by atoms with van der Waals surface area (Å²) < 4.78 is 24.9. The smallest absolute Gasteiger partial charge is 0.343 e. The first-order valence-corrected chi connectivity index (χ1v) is 12.9. The standard InChI is InChI=1S/C30H21N5O5/c1-16(12-17-6-7-21-22(13-17)38-15-37-21)23-24-26(19-4-2-3-5-20(19)39-30(24)36)40-29-25(23)28-33-27(34-35(28)14-32-29)18-8-10-31-11-9-18/h2-11,13-14,16,23H,12,15H2,1H3. The van der Waals surface area contributed by atoms with Crippen LogP contribution in [0.25, 0.3) is 28.0 Å². The maximum Gasteiger partial charge on any atom is 0.343 e. The minimum Gasteiger partial charge on any atom is -0.454 e. The van der Waals surface area contributed by atoms with Crippen molar-refractivity contribution in [3.63, 3.8) is 0 Å². The maximum atomic E-state index is 13.6. The van der Waals surface area contributed by atoms with E-state index < -0.39 is 11.5 Å². The molecule has 2 aliphatic heterocycles. The molecule has 0 saturated carbocycles. The molecule has 8 rings (SSSR count). The summed E-state index contributed by atoms with van der Waals surface area (Å²) in [6, 6.07) is 17.0. The van der Waals surface area contributed by atoms with E-state index in [0.717, 1.165) is 16.9 Å². The Labute approximate surface area is 226 Å². The second kappa shape index (κ2) is 8.63. The zero-order valence-electron chi connectivity index (χ0n) is 21.3. The van der Waals surface area contributed by atoms with E-state index in [9.17, 15) is 4.79 Å². The molecular formula is C30H21N5O5. The fourth-order valence-electron chi connectivity index (χ4n) is 5.72. The molecule has 0 saturated heterocycles. The summed E-state index contributed by atoms with van der Waals surface area (Å²) in [6.07, 6.45) is 5.62. The number of rotatable bonds is 4. The van der Waals surface area contributed by atoms with E-state index in [2.05, 4.69) is 22.0 Å². The summed E-state index contributed by atoms with van der Waals surface area (Å²) >= 11 is 0. The van der Waals surface area contributed by atoms with Crippen molar-refractivity contribution < 1.29 is 18.6 Å². The van der Waals surface area contributed by atoms with Crippen LogP contribution in [-0.2, 0) is 6.42 Å². The van der Waals surface area contributed by atoms with Gasteiger partial charge in [-0.3, -0.25) is 4.98 Å². The Hall–Kier alpha value is -5.25. The van der Waals surface area contributed by atoms with Crippen molar-refractivity contribution in [2.75, 3.05) is 6.79 Å². The average molecular weight is 532 g/mol. The highest BCUT2D eigenvalue weighted by Gasteiger charge is 2.39. The zero-order valence-corrected chi connectivity index (χ0v) is 21.3. The van der Waals surface area contributed by atoms with Gasteiger partial charge in [0.2, 0.25) is 12.7 Å². The molecule has 0 fully saturated rings. The van der Waals surface area contributed by atoms with Gasteiger partial charge in [-0.25, -0.2) is 19.3 Å². The van der Waals surface area contributed by atoms with E-state index >= 15 is 0 Å². The Balaban J connectivity index is 1.33. The van der Waals surface area contributed by atoms with Crippen LogP contribution >= 0.6 is 0 Å². The first-order chi connectivity index (χ1) is 19.6. The molecule has 40 heavy (non-hydrogen) atoms. The SMILES string of the molecule is CC(Cc1ccc2c(c1)OCO2)C1c2c(c3ccccc3oc2=O)Oc2ncn3nc(-c4ccncc4)nc3c21. The number of benzene rings is 2. The molecule has 6 aromatic rings. The highest BCUT2D eigenvalue weighted by Crippen LogP contribution is 2.49. The molecule has 0 spiro atoms. The monoisotopic (exact) mass is 531 g/mol. The summed E-state index contributed by atoms with van der Waals surface area (Å²) in [6.45, 7) is 2.31. The summed E-state index contributed by atoms with van der Waals surface area (Å²) in [5.74, 6) is 2.31. The maximum absolute atomic E-state index is 13.6. The number of fused-ring (bicyclic) bond motifs is 7. The summed E-state index contributed by atoms with van der Waals surface area (Å²) in [5.41, 5.74) is 3.59. The minimum atomic E-state index is -0.447. The first-order valence-electron chi connectivity index (χ1n) is 12.9. The fourth-order valence-corrected chi connectivity index (χ4v) is 5.72. The molecule has 0 radical (unpaired) electrons. The third kappa shape index (κ3) is 3.46. The Morgan fingerprint density at radius 1 is 1.02 bits per heavy atom. The van der Waals surface area contributed by atoms with Gasteiger partial charge in [0, 0.05) is 23.9 Å². The van der Waals surface area contributed by atoms with Crippen LogP contribution in [0.5, 0.6) is 23.1 Å². The molecule has 6 heterocycles. The molecule has 2 aliphatic rings. The van der Waals surface area contributed by atoms with Crippen LogP contribution in [-0.4, -0.2) is 31.4 Å². The molecule has 2 unspecified atom stereocenters. The van der Waals surface area contributed by atoms with Gasteiger partial charge in [-0.05, 0) is 54.3 Å². The Morgan fingerprint density at radius 3 is 2.77 bits per heavy atom. The van der Waals surface area contributed by atoms with Crippen molar-refractivity contribution in [3.05, 3.63) is 100 Å². The average Bonchev–Trinajstić information content (AvgIpc) is 3.64. The highest BCUT2D eigenvalue weighted by molar-refractivity contribution is 5.86. The Morgan fingerprint density at radius 2 is 1.88 bits per heavy atom. The lowest BCUT2D eigenvalue weighted by Crippen LogP contribution is -2.26. The van der Waals surface area contributed by atoms with E-state index in [1.54, 1.807) is 29.3 Å². The third-order valence-corrected chi connectivity index (χ3v) is 7.51. The number of para-hydroxylation sites is 1. The number of ether oxygens (including phenoxy) is 3. The highest BCUT2D eigenvalue weighted by atomic mass is 16.7. The molecule has 0 amide bonds. The third-order valence-electron chi connectivity index (χ3n) is 7.51. The van der Waals surface area contributed by atoms with Crippen molar-refractivity contribution in [2.24, 2.45) is 5.92 Å². The van der Waals surface area contributed by atoms with Crippen LogP contribution in [0.1, 0.15) is 29.5 Å². The zero-order chi connectivity index (χ0) is 26.8. The van der Waals surface area contributed by atoms with Crippen LogP contribution in [0.3, 0.4) is 0 Å². The topological polar surface area (TPSA) is 114 Å². The van der Waals surface area contributed by atoms with Crippen molar-refractivity contribution in [1.29, 1.82) is 0 Å². The molecule has 0 aliphatic carbocycles. The van der Waals surface area contributed by atoms with E-state index in [-0.39, 0.29) is 12.7 Å². The van der Waals surface area contributed by atoms with Gasteiger partial charge >= 0.3 is 5.63 Å². The number of hydrogen-bond acceptors (Lipinski definition) is 9. The predicted octanol–water partition coefficient (Wildman–Crippen LogP) is 5.14. The first kappa shape index (κ1) is 22.7. The van der Waals surface area contributed by atoms with Crippen molar-refractivity contribution in [2.45, 2.75) is 19.3 Å². The molecule has 2 atom stereocenters. The lowest BCUT2D eigenvalue weighted by Gasteiger charge is -2.31. The van der Waals surface area contributed by atoms with Crippen LogP contribution in [0.2, 0.25) is 0 Å². The minimum absolute atomic E-state index is 0.0834. The molecule has 4 aromatic heterocycles. The normalized spacial score (nSPS) is 16.0. The Kier molecular flexibility index (Phi) is 4.90. The largest absolute Gasteiger partial charge is 0.454 e. The van der Waals surface area contributed by atoms with Crippen molar-refractivity contribution in [3.8, 4) is 34.5 Å². The Bertz CT molecular complexity index is 2000. The summed E-state index contributed by atoms with van der Waals surface area (Å²) in [4.78, 5) is 27.2. The lowest BCUT2D eigenvalue weighted by molar-refractivity contribution is 0.174. The number of aromatic nitrogens is 5. The number of nitrogens with zero attached hydrogens (tertiary/aromatic N) is 5. The van der Waals surface area contributed by atoms with Crippen LogP contribution in [0.15, 0.2) is 82.5 Å². The molecular weight excluding hydrogens is 510 g/mol. The number of hydrogen-bond donors (Lipinski definition) is 0. The number of pyridine rings is 1. The van der Waals surface area contributed by atoms with Crippen LogP contribution < -0.4 is 19.8 Å². The van der Waals surface area contributed by atoms with Gasteiger partial charge in [-0.1, -0.05) is 25.1 Å². The second-order valence-electron chi connectivity index (χ2n) is 9.98. The van der Waals surface area contributed by atoms with Gasteiger partial charge in [0.25, 0.3) is 0 Å². The van der Waals surface area contributed by atoms with Gasteiger partial charge in [0.05, 0.1) is 16.5 Å². The van der Waals surface area contributed by atoms with E-state index in [0.29, 0.717) is 57.4 Å². The summed E-state index contributed by atoms with van der Waals surface area (Å²) in [5, 5.41) is 5.38. The van der Waals surface area contributed by atoms with E-state index in [1.165, 1.54) is 0 Å². The van der Waals surface area contributed by atoms with Gasteiger partial charge in [0.1, 0.15) is 11.9 Å². The second-order valence-corrected chi connectivity index (χ2v) is 9.98. The van der Waals surface area contributed by atoms with E-state index in [4.69, 9.17) is 23.6 Å². The lowest BCUT2D eigenvalue weighted by atomic mass is 9.78.